The first kappa shape index (κ1) is 21.1. The molecule has 2 unspecified atom stereocenters. The first-order valence-electron chi connectivity index (χ1n) is 12.8. The lowest BCUT2D eigenvalue weighted by molar-refractivity contribution is 0.0417. The lowest BCUT2D eigenvalue weighted by Crippen LogP contribution is -2.55. The summed E-state index contributed by atoms with van der Waals surface area (Å²) in [6.07, 6.45) is 9.16. The molecular formula is C30H35N3. The predicted molar refractivity (Wildman–Crippen MR) is 134 cm³/mol. The van der Waals surface area contributed by atoms with Gasteiger partial charge < -0.3 is 0 Å². The number of aromatic nitrogens is 1. The molecular weight excluding hydrogens is 402 g/mol. The second kappa shape index (κ2) is 9.04. The van der Waals surface area contributed by atoms with Crippen molar-refractivity contribution in [3.63, 3.8) is 0 Å². The zero-order chi connectivity index (χ0) is 22.1. The third-order valence-electron chi connectivity index (χ3n) is 8.61. The number of benzene rings is 2. The summed E-state index contributed by atoms with van der Waals surface area (Å²) in [6, 6.07) is 27.2. The Labute approximate surface area is 198 Å². The van der Waals surface area contributed by atoms with Crippen LogP contribution in [-0.2, 0) is 6.54 Å². The number of fused-ring (bicyclic) bond motifs is 4. The Morgan fingerprint density at radius 2 is 1.33 bits per heavy atom. The smallest absolute Gasteiger partial charge is 0.0348 e. The highest BCUT2D eigenvalue weighted by Crippen LogP contribution is 2.55. The highest BCUT2D eigenvalue weighted by atomic mass is 15.3. The molecule has 170 valence electrons. The number of likely N-dealkylation sites (tertiary alicyclic amines) is 1. The van der Waals surface area contributed by atoms with Crippen molar-refractivity contribution in [3.8, 4) is 0 Å². The maximum atomic E-state index is 4.25. The molecule has 4 aliphatic rings. The predicted octanol–water partition coefficient (Wildman–Crippen LogP) is 5.71. The number of nitrogens with zero attached hydrogens (tertiary/aromatic N) is 3. The monoisotopic (exact) mass is 437 g/mol. The SMILES string of the molecule is c1ccc(C2CC3(N4CCCC4)CC(c4ccccc4)C2CN(Cc2ccncc2)C3)cc1. The minimum Gasteiger partial charge on any atom is -0.297 e. The van der Waals surface area contributed by atoms with Gasteiger partial charge in [-0.05, 0) is 85.3 Å². The molecule has 0 N–H and O–H groups in total. The largest absolute Gasteiger partial charge is 0.297 e. The molecule has 0 amide bonds. The Bertz CT molecular complexity index is 980. The summed E-state index contributed by atoms with van der Waals surface area (Å²) in [5, 5.41) is 0. The molecule has 1 saturated carbocycles. The first-order chi connectivity index (χ1) is 16.3. The van der Waals surface area contributed by atoms with Crippen LogP contribution in [0.2, 0.25) is 0 Å². The molecule has 7 rings (SSSR count). The maximum absolute atomic E-state index is 4.25. The van der Waals surface area contributed by atoms with Crippen molar-refractivity contribution in [1.82, 2.24) is 14.8 Å². The molecule has 0 spiro atoms. The summed E-state index contributed by atoms with van der Waals surface area (Å²) in [5.74, 6) is 1.84. The van der Waals surface area contributed by atoms with Crippen LogP contribution in [0, 0.1) is 5.92 Å². The molecule has 3 aromatic rings. The van der Waals surface area contributed by atoms with E-state index in [2.05, 4.69) is 87.6 Å². The number of hydrogen-bond donors (Lipinski definition) is 0. The zero-order valence-electron chi connectivity index (χ0n) is 19.5. The Balaban J connectivity index is 1.44. The van der Waals surface area contributed by atoms with Crippen LogP contribution in [0.3, 0.4) is 0 Å². The standard InChI is InChI=1S/C30H35N3/c1-3-9-25(10-4-1)27-19-30(33-17-7-8-18-33)20-28(26-11-5-2-6-12-26)29(27)22-32(23-30)21-24-13-15-31-16-14-24/h1-6,9-16,27-29H,7-8,17-23H2. The zero-order valence-corrected chi connectivity index (χ0v) is 19.5. The van der Waals surface area contributed by atoms with Gasteiger partial charge in [0.25, 0.3) is 0 Å². The van der Waals surface area contributed by atoms with Gasteiger partial charge in [0.05, 0.1) is 0 Å². The molecule has 2 bridgehead atoms. The van der Waals surface area contributed by atoms with E-state index in [1.165, 1.54) is 62.0 Å². The van der Waals surface area contributed by atoms with Crippen molar-refractivity contribution in [2.45, 2.75) is 49.6 Å². The van der Waals surface area contributed by atoms with E-state index in [-0.39, 0.29) is 5.54 Å². The van der Waals surface area contributed by atoms with Gasteiger partial charge in [-0.15, -0.1) is 0 Å². The fourth-order valence-corrected chi connectivity index (χ4v) is 7.19. The van der Waals surface area contributed by atoms with Crippen LogP contribution in [0.4, 0.5) is 0 Å². The van der Waals surface area contributed by atoms with Crippen molar-refractivity contribution in [1.29, 1.82) is 0 Å². The van der Waals surface area contributed by atoms with Crippen LogP contribution < -0.4 is 0 Å². The average Bonchev–Trinajstić information content (AvgIpc) is 3.32. The molecule has 3 saturated heterocycles. The molecule has 4 fully saturated rings. The first-order valence-corrected chi connectivity index (χ1v) is 12.8. The van der Waals surface area contributed by atoms with E-state index in [4.69, 9.17) is 0 Å². The summed E-state index contributed by atoms with van der Waals surface area (Å²) in [5.41, 5.74) is 4.71. The van der Waals surface area contributed by atoms with Crippen LogP contribution >= 0.6 is 0 Å². The minimum absolute atomic E-state index is 0.248. The fourth-order valence-electron chi connectivity index (χ4n) is 7.19. The number of pyridine rings is 1. The van der Waals surface area contributed by atoms with E-state index in [1.807, 2.05) is 12.4 Å². The van der Waals surface area contributed by atoms with Crippen LogP contribution in [0.25, 0.3) is 0 Å². The summed E-state index contributed by atoms with van der Waals surface area (Å²) in [4.78, 5) is 9.92. The van der Waals surface area contributed by atoms with Gasteiger partial charge in [0, 0.05) is 37.6 Å². The molecule has 2 atom stereocenters. The van der Waals surface area contributed by atoms with E-state index in [0.29, 0.717) is 17.8 Å². The fraction of sp³-hybridized carbons (Fsp3) is 0.433. The van der Waals surface area contributed by atoms with Crippen molar-refractivity contribution >= 4 is 0 Å². The highest BCUT2D eigenvalue weighted by molar-refractivity contribution is 5.31. The molecule has 2 aromatic carbocycles. The van der Waals surface area contributed by atoms with Crippen molar-refractivity contribution < 1.29 is 0 Å². The molecule has 1 aromatic heterocycles. The lowest BCUT2D eigenvalue weighted by atomic mass is 9.61. The molecule has 3 heteroatoms. The minimum atomic E-state index is 0.248. The summed E-state index contributed by atoms with van der Waals surface area (Å²) in [6.45, 7) is 5.89. The Kier molecular flexibility index (Phi) is 5.77. The van der Waals surface area contributed by atoms with E-state index in [9.17, 15) is 0 Å². The second-order valence-corrected chi connectivity index (χ2v) is 10.6. The normalized spacial score (nSPS) is 30.4. The van der Waals surface area contributed by atoms with Gasteiger partial charge in [-0.1, -0.05) is 60.7 Å². The summed E-state index contributed by atoms with van der Waals surface area (Å²) in [7, 11) is 0. The van der Waals surface area contributed by atoms with Gasteiger partial charge in [0.2, 0.25) is 0 Å². The summed E-state index contributed by atoms with van der Waals surface area (Å²) >= 11 is 0. The molecule has 3 nitrogen and oxygen atoms in total. The van der Waals surface area contributed by atoms with E-state index in [0.717, 1.165) is 13.1 Å². The topological polar surface area (TPSA) is 19.4 Å². The third kappa shape index (κ3) is 4.13. The lowest BCUT2D eigenvalue weighted by Gasteiger charge is -2.51. The van der Waals surface area contributed by atoms with Crippen LogP contribution in [0.1, 0.15) is 54.2 Å². The summed E-state index contributed by atoms with van der Waals surface area (Å²) < 4.78 is 0. The molecule has 33 heavy (non-hydrogen) atoms. The van der Waals surface area contributed by atoms with Gasteiger partial charge in [-0.3, -0.25) is 14.8 Å². The average molecular weight is 438 g/mol. The van der Waals surface area contributed by atoms with Crippen LogP contribution in [0.15, 0.2) is 85.2 Å². The maximum Gasteiger partial charge on any atom is 0.0348 e. The Morgan fingerprint density at radius 1 is 0.758 bits per heavy atom. The van der Waals surface area contributed by atoms with Crippen molar-refractivity contribution in [2.24, 2.45) is 5.92 Å². The van der Waals surface area contributed by atoms with Crippen molar-refractivity contribution in [3.05, 3.63) is 102 Å². The van der Waals surface area contributed by atoms with Gasteiger partial charge in [0.1, 0.15) is 0 Å². The molecule has 4 heterocycles. The Hall–Kier alpha value is -2.49. The molecule has 1 aliphatic carbocycles. The van der Waals surface area contributed by atoms with Crippen molar-refractivity contribution in [2.75, 3.05) is 26.2 Å². The van der Waals surface area contributed by atoms with E-state index in [1.54, 1.807) is 0 Å². The van der Waals surface area contributed by atoms with Gasteiger partial charge in [-0.2, -0.15) is 0 Å². The Morgan fingerprint density at radius 3 is 1.91 bits per heavy atom. The van der Waals surface area contributed by atoms with Gasteiger partial charge in [-0.25, -0.2) is 0 Å². The van der Waals surface area contributed by atoms with Crippen LogP contribution in [0.5, 0.6) is 0 Å². The number of rotatable bonds is 5. The quantitative estimate of drug-likeness (QED) is 0.510. The molecule has 3 aliphatic heterocycles. The second-order valence-electron chi connectivity index (χ2n) is 10.6. The highest BCUT2D eigenvalue weighted by Gasteiger charge is 2.53. The van der Waals surface area contributed by atoms with Gasteiger partial charge >= 0.3 is 0 Å². The third-order valence-corrected chi connectivity index (χ3v) is 8.61. The van der Waals surface area contributed by atoms with E-state index < -0.39 is 0 Å². The van der Waals surface area contributed by atoms with E-state index >= 15 is 0 Å². The molecule has 0 radical (unpaired) electrons. The van der Waals surface area contributed by atoms with Crippen LogP contribution in [-0.4, -0.2) is 46.5 Å². The number of hydrogen-bond acceptors (Lipinski definition) is 3. The van der Waals surface area contributed by atoms with Gasteiger partial charge in [0.15, 0.2) is 0 Å².